The smallest absolute Gasteiger partial charge is 0.142 e. The normalized spacial score (nSPS) is 14.5. The van der Waals surface area contributed by atoms with Gasteiger partial charge in [-0.05, 0) is 44.1 Å². The average Bonchev–Trinajstić information content (AvgIpc) is 3.12. The Bertz CT molecular complexity index is 719. The lowest BCUT2D eigenvalue weighted by Gasteiger charge is -2.18. The number of rotatable bonds is 7. The fraction of sp³-hybridized carbons (Fsp3) is 0.368. The van der Waals surface area contributed by atoms with Gasteiger partial charge in [-0.25, -0.2) is 0 Å². The van der Waals surface area contributed by atoms with Crippen molar-refractivity contribution in [1.29, 1.82) is 0 Å². The van der Waals surface area contributed by atoms with Crippen LogP contribution in [0.4, 0.5) is 11.4 Å². The molecule has 0 unspecified atom stereocenters. The molecule has 6 heteroatoms. The number of para-hydroxylation sites is 2. The van der Waals surface area contributed by atoms with Gasteiger partial charge in [0.15, 0.2) is 0 Å². The third-order valence-corrected chi connectivity index (χ3v) is 4.87. The maximum atomic E-state index is 6.30. The van der Waals surface area contributed by atoms with Crippen LogP contribution in [0.5, 0.6) is 11.5 Å². The van der Waals surface area contributed by atoms with E-state index in [0.29, 0.717) is 22.4 Å². The molecule has 0 spiro atoms. The van der Waals surface area contributed by atoms with Gasteiger partial charge in [-0.1, -0.05) is 35.3 Å². The molecule has 134 valence electrons. The largest absolute Gasteiger partial charge is 0.495 e. The summed E-state index contributed by atoms with van der Waals surface area (Å²) < 4.78 is 11.2. The van der Waals surface area contributed by atoms with E-state index in [-0.39, 0.29) is 0 Å². The standard InChI is InChI=1S/C19H22Cl2N2O2/c1-24-19-13-17(14(20)12-15(19)21)22-16-6-2-3-7-18(16)25-11-10-23-8-4-5-9-23/h2-3,6-7,12-13,22H,4-5,8-11H2,1H3. The van der Waals surface area contributed by atoms with Crippen LogP contribution in [0.15, 0.2) is 36.4 Å². The van der Waals surface area contributed by atoms with Crippen LogP contribution in [0.1, 0.15) is 12.8 Å². The third-order valence-electron chi connectivity index (χ3n) is 4.26. The number of nitrogens with one attached hydrogen (secondary N) is 1. The Labute approximate surface area is 158 Å². The fourth-order valence-corrected chi connectivity index (χ4v) is 3.42. The number of likely N-dealkylation sites (tertiary alicyclic amines) is 1. The number of benzene rings is 2. The topological polar surface area (TPSA) is 33.7 Å². The van der Waals surface area contributed by atoms with E-state index in [1.165, 1.54) is 25.9 Å². The van der Waals surface area contributed by atoms with Crippen molar-refractivity contribution in [3.05, 3.63) is 46.4 Å². The van der Waals surface area contributed by atoms with Crippen molar-refractivity contribution >= 4 is 34.6 Å². The highest BCUT2D eigenvalue weighted by atomic mass is 35.5. The van der Waals surface area contributed by atoms with E-state index in [1.807, 2.05) is 24.3 Å². The van der Waals surface area contributed by atoms with Gasteiger partial charge in [0.2, 0.25) is 0 Å². The summed E-state index contributed by atoms with van der Waals surface area (Å²) in [5, 5.41) is 4.32. The summed E-state index contributed by atoms with van der Waals surface area (Å²) in [7, 11) is 1.58. The van der Waals surface area contributed by atoms with Gasteiger partial charge in [-0.15, -0.1) is 0 Å². The minimum absolute atomic E-state index is 0.480. The summed E-state index contributed by atoms with van der Waals surface area (Å²) in [6, 6.07) is 11.3. The minimum atomic E-state index is 0.480. The summed E-state index contributed by atoms with van der Waals surface area (Å²) in [4.78, 5) is 2.43. The molecule has 0 radical (unpaired) electrons. The zero-order valence-corrected chi connectivity index (χ0v) is 15.7. The first-order valence-electron chi connectivity index (χ1n) is 8.41. The van der Waals surface area contributed by atoms with Gasteiger partial charge in [-0.3, -0.25) is 4.90 Å². The summed E-state index contributed by atoms with van der Waals surface area (Å²) in [6.45, 7) is 3.95. The maximum Gasteiger partial charge on any atom is 0.142 e. The molecule has 0 amide bonds. The van der Waals surface area contributed by atoms with Crippen molar-refractivity contribution in [2.75, 3.05) is 38.7 Å². The Morgan fingerprint density at radius 2 is 1.76 bits per heavy atom. The van der Waals surface area contributed by atoms with Crippen LogP contribution in [-0.2, 0) is 0 Å². The first-order chi connectivity index (χ1) is 12.2. The molecule has 0 aliphatic carbocycles. The summed E-state index contributed by atoms with van der Waals surface area (Å²) in [6.07, 6.45) is 2.57. The first kappa shape index (κ1) is 18.2. The number of anilines is 2. The van der Waals surface area contributed by atoms with Crippen molar-refractivity contribution < 1.29 is 9.47 Å². The van der Waals surface area contributed by atoms with Crippen LogP contribution in [-0.4, -0.2) is 38.3 Å². The Morgan fingerprint density at radius 1 is 1.00 bits per heavy atom. The Balaban J connectivity index is 1.70. The zero-order valence-electron chi connectivity index (χ0n) is 14.2. The second kappa shape index (κ2) is 8.65. The van der Waals surface area contributed by atoms with E-state index in [2.05, 4.69) is 10.2 Å². The molecule has 2 aromatic rings. The van der Waals surface area contributed by atoms with Gasteiger partial charge in [0, 0.05) is 12.6 Å². The van der Waals surface area contributed by atoms with E-state index in [9.17, 15) is 0 Å². The Kier molecular flexibility index (Phi) is 6.29. The Hall–Kier alpha value is -1.62. The minimum Gasteiger partial charge on any atom is -0.495 e. The molecule has 1 aliphatic rings. The van der Waals surface area contributed by atoms with Crippen LogP contribution < -0.4 is 14.8 Å². The van der Waals surface area contributed by atoms with E-state index in [1.54, 1.807) is 19.2 Å². The van der Waals surface area contributed by atoms with Crippen LogP contribution in [0.25, 0.3) is 0 Å². The van der Waals surface area contributed by atoms with Crippen molar-refractivity contribution in [1.82, 2.24) is 4.90 Å². The average molecular weight is 381 g/mol. The number of nitrogens with zero attached hydrogens (tertiary/aromatic N) is 1. The highest BCUT2D eigenvalue weighted by Crippen LogP contribution is 2.37. The molecule has 1 heterocycles. The van der Waals surface area contributed by atoms with E-state index >= 15 is 0 Å². The molecule has 1 aliphatic heterocycles. The number of halogens is 2. The quantitative estimate of drug-likeness (QED) is 0.713. The number of ether oxygens (including phenoxy) is 2. The van der Waals surface area contributed by atoms with Crippen LogP contribution >= 0.6 is 23.2 Å². The summed E-state index contributed by atoms with van der Waals surface area (Å²) in [5.41, 5.74) is 1.58. The molecule has 1 fully saturated rings. The molecular formula is C19H22Cl2N2O2. The summed E-state index contributed by atoms with van der Waals surface area (Å²) in [5.74, 6) is 1.37. The number of methoxy groups -OCH3 is 1. The van der Waals surface area contributed by atoms with Crippen molar-refractivity contribution in [2.45, 2.75) is 12.8 Å². The number of hydrogen-bond acceptors (Lipinski definition) is 4. The molecule has 25 heavy (non-hydrogen) atoms. The molecule has 3 rings (SSSR count). The van der Waals surface area contributed by atoms with Crippen LogP contribution in [0.3, 0.4) is 0 Å². The SMILES string of the molecule is COc1cc(Nc2ccccc2OCCN2CCCC2)c(Cl)cc1Cl. The van der Waals surface area contributed by atoms with Gasteiger partial charge in [-0.2, -0.15) is 0 Å². The highest BCUT2D eigenvalue weighted by Gasteiger charge is 2.13. The first-order valence-corrected chi connectivity index (χ1v) is 9.17. The molecule has 0 saturated carbocycles. The lowest BCUT2D eigenvalue weighted by molar-refractivity contribution is 0.238. The monoisotopic (exact) mass is 380 g/mol. The highest BCUT2D eigenvalue weighted by molar-refractivity contribution is 6.37. The summed E-state index contributed by atoms with van der Waals surface area (Å²) >= 11 is 12.4. The van der Waals surface area contributed by atoms with Gasteiger partial charge in [0.25, 0.3) is 0 Å². The molecule has 0 atom stereocenters. The molecule has 0 bridgehead atoms. The predicted octanol–water partition coefficient (Wildman–Crippen LogP) is 5.22. The van der Waals surface area contributed by atoms with E-state index < -0.39 is 0 Å². The van der Waals surface area contributed by atoms with Crippen molar-refractivity contribution in [3.8, 4) is 11.5 Å². The van der Waals surface area contributed by atoms with Gasteiger partial charge >= 0.3 is 0 Å². The van der Waals surface area contributed by atoms with Crippen molar-refractivity contribution in [2.24, 2.45) is 0 Å². The fourth-order valence-electron chi connectivity index (χ4n) is 2.91. The van der Waals surface area contributed by atoms with Crippen molar-refractivity contribution in [3.63, 3.8) is 0 Å². The molecule has 1 saturated heterocycles. The molecule has 0 aromatic heterocycles. The van der Waals surface area contributed by atoms with Crippen LogP contribution in [0, 0.1) is 0 Å². The van der Waals surface area contributed by atoms with Gasteiger partial charge in [0.1, 0.15) is 18.1 Å². The lowest BCUT2D eigenvalue weighted by Crippen LogP contribution is -2.25. The van der Waals surface area contributed by atoms with Crippen LogP contribution in [0.2, 0.25) is 10.0 Å². The number of hydrogen-bond donors (Lipinski definition) is 1. The molecular weight excluding hydrogens is 359 g/mol. The predicted molar refractivity (Wildman–Crippen MR) is 104 cm³/mol. The third kappa shape index (κ3) is 4.72. The van der Waals surface area contributed by atoms with Gasteiger partial charge in [0.05, 0.1) is 28.5 Å². The van der Waals surface area contributed by atoms with Gasteiger partial charge < -0.3 is 14.8 Å². The molecule has 2 aromatic carbocycles. The van der Waals surface area contributed by atoms with E-state index in [4.69, 9.17) is 32.7 Å². The Morgan fingerprint density at radius 3 is 2.52 bits per heavy atom. The zero-order chi connectivity index (χ0) is 17.6. The molecule has 4 nitrogen and oxygen atoms in total. The maximum absolute atomic E-state index is 6.30. The second-order valence-corrected chi connectivity index (χ2v) is 6.80. The molecule has 1 N–H and O–H groups in total. The second-order valence-electron chi connectivity index (χ2n) is 5.98. The lowest BCUT2D eigenvalue weighted by atomic mass is 10.2. The van der Waals surface area contributed by atoms with E-state index in [0.717, 1.165) is 23.7 Å².